The Morgan fingerprint density at radius 3 is 2.76 bits per heavy atom. The molecule has 0 aliphatic carbocycles. The predicted octanol–water partition coefficient (Wildman–Crippen LogP) is 2.47. The molecule has 1 aliphatic rings. The van der Waals surface area contributed by atoms with Gasteiger partial charge >= 0.3 is 0 Å². The fourth-order valence-corrected chi connectivity index (χ4v) is 2.63. The van der Waals surface area contributed by atoms with Crippen LogP contribution in [0.2, 0.25) is 0 Å². The van der Waals surface area contributed by atoms with Crippen LogP contribution in [0.25, 0.3) is 0 Å². The van der Waals surface area contributed by atoms with Crippen molar-refractivity contribution >= 4 is 27.5 Å². The molecule has 1 aliphatic heterocycles. The van der Waals surface area contributed by atoms with E-state index in [1.807, 2.05) is 6.07 Å². The molecule has 1 heterocycles. The number of aryl methyl sites for hydroxylation is 1. The van der Waals surface area contributed by atoms with Gasteiger partial charge in [0.2, 0.25) is 5.91 Å². The van der Waals surface area contributed by atoms with Crippen LogP contribution in [0.1, 0.15) is 19.4 Å². The Morgan fingerprint density at radius 2 is 2.12 bits per heavy atom. The van der Waals surface area contributed by atoms with E-state index < -0.39 is 0 Å². The number of nitrogens with one attached hydrogen (secondary N) is 1. The van der Waals surface area contributed by atoms with E-state index in [0.717, 1.165) is 10.2 Å². The Hall–Kier alpha value is -1.03. The summed E-state index contributed by atoms with van der Waals surface area (Å²) >= 11 is 3.46. The van der Waals surface area contributed by atoms with Crippen molar-refractivity contribution in [2.45, 2.75) is 26.3 Å². The van der Waals surface area contributed by atoms with E-state index in [1.165, 1.54) is 5.56 Å². The highest BCUT2D eigenvalue weighted by atomic mass is 79.9. The maximum Gasteiger partial charge on any atom is 0.239 e. The smallest absolute Gasteiger partial charge is 0.239 e. The highest BCUT2D eigenvalue weighted by Crippen LogP contribution is 2.30. The second-order valence-corrected chi connectivity index (χ2v) is 6.02. The number of anilines is 1. The van der Waals surface area contributed by atoms with Gasteiger partial charge in [-0.2, -0.15) is 0 Å². The van der Waals surface area contributed by atoms with Crippen LogP contribution in [0.4, 0.5) is 5.69 Å². The van der Waals surface area contributed by atoms with Crippen molar-refractivity contribution in [2.75, 3.05) is 18.0 Å². The SMILES string of the molecule is Cc1cc(Br)ccc1N1CC(=O)NCC1(C)C. The Bertz CT molecular complexity index is 457. The number of carbonyl (C=O) groups excluding carboxylic acids is 1. The van der Waals surface area contributed by atoms with Crippen LogP contribution in [0.15, 0.2) is 22.7 Å². The van der Waals surface area contributed by atoms with E-state index in [1.54, 1.807) is 0 Å². The van der Waals surface area contributed by atoms with E-state index in [-0.39, 0.29) is 11.4 Å². The Balaban J connectivity index is 2.39. The Kier molecular flexibility index (Phi) is 3.17. The molecule has 1 aromatic rings. The van der Waals surface area contributed by atoms with Crippen molar-refractivity contribution in [1.29, 1.82) is 0 Å². The Morgan fingerprint density at radius 1 is 1.41 bits per heavy atom. The van der Waals surface area contributed by atoms with Gasteiger partial charge in [0.05, 0.1) is 12.1 Å². The molecule has 1 fully saturated rings. The van der Waals surface area contributed by atoms with Gasteiger partial charge in [-0.3, -0.25) is 4.79 Å². The highest BCUT2D eigenvalue weighted by molar-refractivity contribution is 9.10. The lowest BCUT2D eigenvalue weighted by atomic mass is 9.97. The van der Waals surface area contributed by atoms with Crippen LogP contribution in [0.5, 0.6) is 0 Å². The molecule has 1 saturated heterocycles. The number of amides is 1. The van der Waals surface area contributed by atoms with E-state index in [9.17, 15) is 4.79 Å². The molecular formula is C13H17BrN2O. The zero-order chi connectivity index (χ0) is 12.6. The van der Waals surface area contributed by atoms with Gasteiger partial charge in [-0.15, -0.1) is 0 Å². The Labute approximate surface area is 110 Å². The first kappa shape index (κ1) is 12.4. The monoisotopic (exact) mass is 296 g/mol. The molecule has 0 saturated carbocycles. The van der Waals surface area contributed by atoms with Gasteiger partial charge in [0.25, 0.3) is 0 Å². The molecule has 17 heavy (non-hydrogen) atoms. The first-order chi connectivity index (χ1) is 7.90. The van der Waals surface area contributed by atoms with E-state index in [0.29, 0.717) is 13.1 Å². The van der Waals surface area contributed by atoms with E-state index >= 15 is 0 Å². The molecule has 4 heteroatoms. The maximum atomic E-state index is 11.6. The van der Waals surface area contributed by atoms with Gasteiger partial charge < -0.3 is 10.2 Å². The molecule has 0 spiro atoms. The molecule has 2 rings (SSSR count). The normalized spacial score (nSPS) is 19.1. The number of rotatable bonds is 1. The summed E-state index contributed by atoms with van der Waals surface area (Å²) < 4.78 is 1.07. The summed E-state index contributed by atoms with van der Waals surface area (Å²) in [6.45, 7) is 7.47. The fraction of sp³-hybridized carbons (Fsp3) is 0.462. The molecule has 1 N–H and O–H groups in total. The predicted molar refractivity (Wildman–Crippen MR) is 73.3 cm³/mol. The summed E-state index contributed by atoms with van der Waals surface area (Å²) in [4.78, 5) is 13.7. The minimum atomic E-state index is -0.0491. The molecule has 0 atom stereocenters. The number of halogens is 1. The zero-order valence-corrected chi connectivity index (χ0v) is 12.0. The quantitative estimate of drug-likeness (QED) is 0.863. The number of benzene rings is 1. The van der Waals surface area contributed by atoms with Gasteiger partial charge in [-0.05, 0) is 44.5 Å². The number of nitrogens with zero attached hydrogens (tertiary/aromatic N) is 1. The summed E-state index contributed by atoms with van der Waals surface area (Å²) in [5.41, 5.74) is 2.27. The van der Waals surface area contributed by atoms with Crippen molar-refractivity contribution in [3.8, 4) is 0 Å². The van der Waals surface area contributed by atoms with Gasteiger partial charge in [0, 0.05) is 16.7 Å². The average molecular weight is 297 g/mol. The summed E-state index contributed by atoms with van der Waals surface area (Å²) in [6, 6.07) is 6.17. The van der Waals surface area contributed by atoms with Crippen LogP contribution < -0.4 is 10.2 Å². The van der Waals surface area contributed by atoms with Gasteiger partial charge in [0.15, 0.2) is 0 Å². The van der Waals surface area contributed by atoms with Crippen molar-refractivity contribution in [3.63, 3.8) is 0 Å². The average Bonchev–Trinajstić information content (AvgIpc) is 2.23. The van der Waals surface area contributed by atoms with Crippen molar-refractivity contribution in [3.05, 3.63) is 28.2 Å². The van der Waals surface area contributed by atoms with Crippen LogP contribution >= 0.6 is 15.9 Å². The highest BCUT2D eigenvalue weighted by Gasteiger charge is 2.33. The van der Waals surface area contributed by atoms with Crippen LogP contribution in [-0.4, -0.2) is 24.5 Å². The molecule has 92 valence electrons. The van der Waals surface area contributed by atoms with Crippen LogP contribution in [0, 0.1) is 6.92 Å². The van der Waals surface area contributed by atoms with E-state index in [4.69, 9.17) is 0 Å². The lowest BCUT2D eigenvalue weighted by Crippen LogP contribution is -2.60. The molecule has 0 unspecified atom stereocenters. The van der Waals surface area contributed by atoms with Crippen LogP contribution in [-0.2, 0) is 4.79 Å². The third-order valence-electron chi connectivity index (χ3n) is 3.20. The van der Waals surface area contributed by atoms with Gasteiger partial charge in [0.1, 0.15) is 0 Å². The minimum absolute atomic E-state index is 0.0491. The topological polar surface area (TPSA) is 32.3 Å². The molecule has 0 bridgehead atoms. The first-order valence-electron chi connectivity index (χ1n) is 5.71. The maximum absolute atomic E-state index is 11.6. The number of hydrogen-bond donors (Lipinski definition) is 1. The minimum Gasteiger partial charge on any atom is -0.355 e. The molecule has 0 aromatic heterocycles. The molecular weight excluding hydrogens is 280 g/mol. The standard InChI is InChI=1S/C13H17BrN2O/c1-9-6-10(14)4-5-11(9)16-7-12(17)15-8-13(16,2)3/h4-6H,7-8H2,1-3H3,(H,15,17). The van der Waals surface area contributed by atoms with Gasteiger partial charge in [-0.25, -0.2) is 0 Å². The second-order valence-electron chi connectivity index (χ2n) is 5.11. The molecule has 0 radical (unpaired) electrons. The summed E-state index contributed by atoms with van der Waals surface area (Å²) in [5.74, 6) is 0.0895. The lowest BCUT2D eigenvalue weighted by molar-refractivity contribution is -0.121. The van der Waals surface area contributed by atoms with Crippen molar-refractivity contribution in [2.24, 2.45) is 0 Å². The largest absolute Gasteiger partial charge is 0.355 e. The lowest BCUT2D eigenvalue weighted by Gasteiger charge is -2.44. The summed E-state index contributed by atoms with van der Waals surface area (Å²) in [6.07, 6.45) is 0. The fourth-order valence-electron chi connectivity index (χ4n) is 2.16. The summed E-state index contributed by atoms with van der Waals surface area (Å²) in [7, 11) is 0. The van der Waals surface area contributed by atoms with Gasteiger partial charge in [-0.1, -0.05) is 15.9 Å². The molecule has 1 aromatic carbocycles. The van der Waals surface area contributed by atoms with Crippen molar-refractivity contribution in [1.82, 2.24) is 5.32 Å². The third-order valence-corrected chi connectivity index (χ3v) is 3.69. The third kappa shape index (κ3) is 2.46. The van der Waals surface area contributed by atoms with Crippen molar-refractivity contribution < 1.29 is 4.79 Å². The summed E-state index contributed by atoms with van der Waals surface area (Å²) in [5, 5.41) is 2.91. The number of carbonyl (C=O) groups is 1. The molecule has 3 nitrogen and oxygen atoms in total. The molecule has 1 amide bonds. The number of piperazine rings is 1. The van der Waals surface area contributed by atoms with E-state index in [2.05, 4.69) is 59.1 Å². The number of hydrogen-bond acceptors (Lipinski definition) is 2. The second kappa shape index (κ2) is 4.33. The van der Waals surface area contributed by atoms with Crippen LogP contribution in [0.3, 0.4) is 0 Å². The first-order valence-corrected chi connectivity index (χ1v) is 6.50. The zero-order valence-electron chi connectivity index (χ0n) is 10.4.